The fraction of sp³-hybridized carbons (Fsp3) is 0.471. The van der Waals surface area contributed by atoms with E-state index >= 15 is 0 Å². The van der Waals surface area contributed by atoms with Gasteiger partial charge in [0.05, 0.1) is 12.6 Å². The Kier molecular flexibility index (Phi) is 5.10. The van der Waals surface area contributed by atoms with Crippen molar-refractivity contribution >= 4 is 11.8 Å². The maximum Gasteiger partial charge on any atom is 0.322 e. The van der Waals surface area contributed by atoms with E-state index in [9.17, 15) is 9.90 Å². The highest BCUT2D eigenvalue weighted by atomic mass is 16.3. The van der Waals surface area contributed by atoms with Crippen molar-refractivity contribution in [3.63, 3.8) is 0 Å². The molecule has 128 valence electrons. The summed E-state index contributed by atoms with van der Waals surface area (Å²) in [6.45, 7) is 1.19. The molecule has 1 fully saturated rings. The molecule has 2 amide bonds. The molecule has 0 aromatic carbocycles. The van der Waals surface area contributed by atoms with E-state index in [1.807, 2.05) is 18.3 Å². The lowest BCUT2D eigenvalue weighted by atomic mass is 10.1. The van der Waals surface area contributed by atoms with Crippen molar-refractivity contribution in [1.29, 1.82) is 0 Å². The number of carbonyl (C=O) groups is 1. The van der Waals surface area contributed by atoms with Crippen LogP contribution in [0.2, 0.25) is 0 Å². The van der Waals surface area contributed by atoms with Gasteiger partial charge in [-0.3, -0.25) is 15.0 Å². The summed E-state index contributed by atoms with van der Waals surface area (Å²) in [4.78, 5) is 17.9. The summed E-state index contributed by atoms with van der Waals surface area (Å²) < 4.78 is 1.77. The molecule has 0 spiro atoms. The van der Waals surface area contributed by atoms with Gasteiger partial charge in [0.25, 0.3) is 0 Å². The van der Waals surface area contributed by atoms with Gasteiger partial charge in [0, 0.05) is 44.2 Å². The van der Waals surface area contributed by atoms with Gasteiger partial charge in [0.2, 0.25) is 0 Å². The van der Waals surface area contributed by atoms with Crippen LogP contribution in [-0.4, -0.2) is 50.5 Å². The quantitative estimate of drug-likeness (QED) is 0.878. The van der Waals surface area contributed by atoms with Crippen LogP contribution in [0.25, 0.3) is 0 Å². The van der Waals surface area contributed by atoms with Crippen LogP contribution in [0, 0.1) is 5.92 Å². The summed E-state index contributed by atoms with van der Waals surface area (Å²) in [5.74, 6) is 0.692. The van der Waals surface area contributed by atoms with Crippen molar-refractivity contribution in [2.75, 3.05) is 18.9 Å². The van der Waals surface area contributed by atoms with Crippen molar-refractivity contribution in [3.8, 4) is 0 Å². The second-order valence-corrected chi connectivity index (χ2v) is 6.32. The molecule has 7 heteroatoms. The molecule has 24 heavy (non-hydrogen) atoms. The van der Waals surface area contributed by atoms with E-state index in [0.29, 0.717) is 18.9 Å². The highest BCUT2D eigenvalue weighted by molar-refractivity contribution is 5.88. The zero-order chi connectivity index (χ0) is 16.9. The van der Waals surface area contributed by atoms with Crippen molar-refractivity contribution in [2.24, 2.45) is 5.92 Å². The second-order valence-electron chi connectivity index (χ2n) is 6.32. The number of amides is 2. The number of aliphatic hydroxyl groups excluding tert-OH is 1. The Labute approximate surface area is 141 Å². The first kappa shape index (κ1) is 16.4. The van der Waals surface area contributed by atoms with Gasteiger partial charge < -0.3 is 10.0 Å². The van der Waals surface area contributed by atoms with Gasteiger partial charge in [-0.05, 0) is 30.5 Å². The highest BCUT2D eigenvalue weighted by Crippen LogP contribution is 2.26. The lowest BCUT2D eigenvalue weighted by molar-refractivity contribution is 0.116. The molecule has 0 unspecified atom stereocenters. The van der Waals surface area contributed by atoms with Crippen LogP contribution >= 0.6 is 0 Å². The van der Waals surface area contributed by atoms with E-state index in [-0.39, 0.29) is 18.1 Å². The molecule has 1 saturated carbocycles. The summed E-state index contributed by atoms with van der Waals surface area (Å²) in [5, 5.41) is 17.0. The Hall–Kier alpha value is -2.41. The van der Waals surface area contributed by atoms with Crippen molar-refractivity contribution < 1.29 is 9.90 Å². The van der Waals surface area contributed by atoms with Gasteiger partial charge in [-0.25, -0.2) is 4.79 Å². The van der Waals surface area contributed by atoms with Crippen molar-refractivity contribution in [1.82, 2.24) is 19.7 Å². The molecule has 3 rings (SSSR count). The monoisotopic (exact) mass is 329 g/mol. The maximum absolute atomic E-state index is 12.3. The van der Waals surface area contributed by atoms with E-state index in [4.69, 9.17) is 0 Å². The average Bonchev–Trinajstić information content (AvgIpc) is 3.18. The number of aromatic nitrogens is 3. The standard InChI is InChI=1S/C17H23N5O2/c1-21(12-14-3-2-4-15(14)23)17(24)19-16-7-10-22(20-16)11-13-5-8-18-9-6-13/h5-10,14-15,23H,2-4,11-12H2,1H3,(H,19,20,24)/t14-,15-/m0/s1. The first-order valence-corrected chi connectivity index (χ1v) is 8.24. The zero-order valence-corrected chi connectivity index (χ0v) is 13.8. The number of rotatable bonds is 5. The first-order chi connectivity index (χ1) is 11.6. The molecule has 7 nitrogen and oxygen atoms in total. The van der Waals surface area contributed by atoms with Crippen molar-refractivity contribution in [3.05, 3.63) is 42.4 Å². The molecule has 0 saturated heterocycles. The predicted molar refractivity (Wildman–Crippen MR) is 90.6 cm³/mol. The Morgan fingerprint density at radius 1 is 1.38 bits per heavy atom. The molecule has 0 bridgehead atoms. The molecule has 1 aliphatic carbocycles. The molecular weight excluding hydrogens is 306 g/mol. The summed E-state index contributed by atoms with van der Waals surface area (Å²) in [7, 11) is 1.74. The number of nitrogens with zero attached hydrogens (tertiary/aromatic N) is 4. The number of hydrogen-bond acceptors (Lipinski definition) is 4. The van der Waals surface area contributed by atoms with E-state index in [0.717, 1.165) is 24.8 Å². The van der Waals surface area contributed by atoms with Crippen LogP contribution in [0.5, 0.6) is 0 Å². The lowest BCUT2D eigenvalue weighted by Gasteiger charge is -2.23. The van der Waals surface area contributed by atoms with Crippen LogP contribution in [0.4, 0.5) is 10.6 Å². The number of carbonyl (C=O) groups excluding carboxylic acids is 1. The average molecular weight is 329 g/mol. The van der Waals surface area contributed by atoms with Gasteiger partial charge in [-0.15, -0.1) is 0 Å². The lowest BCUT2D eigenvalue weighted by Crippen LogP contribution is -2.37. The van der Waals surface area contributed by atoms with Gasteiger partial charge >= 0.3 is 6.03 Å². The Morgan fingerprint density at radius 3 is 2.88 bits per heavy atom. The zero-order valence-electron chi connectivity index (χ0n) is 13.8. The van der Waals surface area contributed by atoms with Crippen LogP contribution in [-0.2, 0) is 6.54 Å². The first-order valence-electron chi connectivity index (χ1n) is 8.24. The summed E-state index contributed by atoms with van der Waals surface area (Å²) in [6, 6.07) is 5.43. The van der Waals surface area contributed by atoms with E-state index < -0.39 is 0 Å². The minimum Gasteiger partial charge on any atom is -0.393 e. The number of urea groups is 1. The molecule has 2 N–H and O–H groups in total. The molecule has 2 aromatic heterocycles. The fourth-order valence-corrected chi connectivity index (χ4v) is 3.06. The van der Waals surface area contributed by atoms with Crippen LogP contribution in [0.1, 0.15) is 24.8 Å². The smallest absolute Gasteiger partial charge is 0.322 e. The summed E-state index contributed by atoms with van der Waals surface area (Å²) in [6.07, 6.45) is 7.86. The molecule has 2 aromatic rings. The molecule has 1 aliphatic rings. The third-order valence-electron chi connectivity index (χ3n) is 4.44. The molecule has 2 atom stereocenters. The van der Waals surface area contributed by atoms with Gasteiger partial charge in [0.15, 0.2) is 5.82 Å². The number of nitrogens with one attached hydrogen (secondary N) is 1. The third kappa shape index (κ3) is 4.11. The van der Waals surface area contributed by atoms with Crippen LogP contribution in [0.3, 0.4) is 0 Å². The topological polar surface area (TPSA) is 83.3 Å². The Bertz CT molecular complexity index is 673. The minimum atomic E-state index is -0.292. The predicted octanol–water partition coefficient (Wildman–Crippen LogP) is 1.95. The normalized spacial score (nSPS) is 20.1. The van der Waals surface area contributed by atoms with Gasteiger partial charge in [-0.1, -0.05) is 6.42 Å². The second kappa shape index (κ2) is 7.44. The Morgan fingerprint density at radius 2 is 2.17 bits per heavy atom. The van der Waals surface area contributed by atoms with E-state index in [2.05, 4.69) is 15.4 Å². The third-order valence-corrected chi connectivity index (χ3v) is 4.44. The summed E-state index contributed by atoms with van der Waals surface area (Å²) in [5.41, 5.74) is 1.10. The van der Waals surface area contributed by atoms with Gasteiger partial charge in [0.1, 0.15) is 0 Å². The summed E-state index contributed by atoms with van der Waals surface area (Å²) >= 11 is 0. The maximum atomic E-state index is 12.3. The molecule has 2 heterocycles. The van der Waals surface area contributed by atoms with E-state index in [1.165, 1.54) is 0 Å². The Balaban J connectivity index is 1.53. The number of anilines is 1. The number of hydrogen-bond donors (Lipinski definition) is 2. The largest absolute Gasteiger partial charge is 0.393 e. The van der Waals surface area contributed by atoms with Crippen LogP contribution in [0.15, 0.2) is 36.8 Å². The minimum absolute atomic E-state index is 0.171. The fourth-order valence-electron chi connectivity index (χ4n) is 3.06. The van der Waals surface area contributed by atoms with E-state index in [1.54, 1.807) is 35.1 Å². The number of pyridine rings is 1. The van der Waals surface area contributed by atoms with Crippen molar-refractivity contribution in [2.45, 2.75) is 31.9 Å². The highest BCUT2D eigenvalue weighted by Gasteiger charge is 2.27. The molecular formula is C17H23N5O2. The molecule has 0 aliphatic heterocycles. The SMILES string of the molecule is CN(C[C@@H]1CCC[C@@H]1O)C(=O)Nc1ccn(Cc2ccncc2)n1. The van der Waals surface area contributed by atoms with Gasteiger partial charge in [-0.2, -0.15) is 5.10 Å². The molecule has 0 radical (unpaired) electrons. The van der Waals surface area contributed by atoms with Crippen LogP contribution < -0.4 is 5.32 Å². The number of aliphatic hydroxyl groups is 1.